The maximum Gasteiger partial charge on any atom is 0.153 e. The molecule has 1 aromatic heterocycles. The van der Waals surface area contributed by atoms with Crippen molar-refractivity contribution >= 4 is 29.0 Å². The molecule has 0 spiro atoms. The molecule has 0 amide bonds. The van der Waals surface area contributed by atoms with Gasteiger partial charge in [-0.1, -0.05) is 23.2 Å². The van der Waals surface area contributed by atoms with Crippen LogP contribution in [0.4, 0.5) is 5.82 Å². The average molecular weight is 178 g/mol. The molecule has 0 aliphatic carbocycles. The van der Waals surface area contributed by atoms with Crippen molar-refractivity contribution in [2.45, 2.75) is 6.92 Å². The first-order valence-electron chi connectivity index (χ1n) is 2.56. The van der Waals surface area contributed by atoms with Gasteiger partial charge in [0.05, 0.1) is 0 Å². The van der Waals surface area contributed by atoms with Crippen LogP contribution in [0.25, 0.3) is 0 Å². The van der Waals surface area contributed by atoms with E-state index in [1.165, 1.54) is 0 Å². The predicted octanol–water partition coefficient (Wildman–Crippen LogP) is 1.67. The van der Waals surface area contributed by atoms with Crippen LogP contribution in [0, 0.1) is 6.92 Å². The van der Waals surface area contributed by atoms with Gasteiger partial charge in [0.1, 0.15) is 16.7 Å². The first-order chi connectivity index (χ1) is 4.61. The number of rotatable bonds is 0. The third-order valence-corrected chi connectivity index (χ3v) is 1.69. The summed E-state index contributed by atoms with van der Waals surface area (Å²) in [6, 6.07) is 0. The monoisotopic (exact) mass is 177 g/mol. The molecule has 0 aliphatic heterocycles. The lowest BCUT2D eigenvalue weighted by Crippen LogP contribution is -1.96. The number of halogens is 2. The topological polar surface area (TPSA) is 51.8 Å². The predicted molar refractivity (Wildman–Crippen MR) is 41.2 cm³/mol. The van der Waals surface area contributed by atoms with Crippen LogP contribution in [0.5, 0.6) is 0 Å². The minimum atomic E-state index is 0.201. The van der Waals surface area contributed by atoms with Gasteiger partial charge < -0.3 is 5.73 Å². The lowest BCUT2D eigenvalue weighted by atomic mass is 10.5. The Labute approximate surface area is 68.2 Å². The quantitative estimate of drug-likeness (QED) is 0.614. The zero-order valence-corrected chi connectivity index (χ0v) is 6.74. The zero-order chi connectivity index (χ0) is 7.72. The van der Waals surface area contributed by atoms with E-state index in [9.17, 15) is 0 Å². The molecule has 0 unspecified atom stereocenters. The lowest BCUT2D eigenvalue weighted by Gasteiger charge is -1.98. The molecule has 1 rings (SSSR count). The lowest BCUT2D eigenvalue weighted by molar-refractivity contribution is 1.06. The molecule has 0 aliphatic rings. The van der Waals surface area contributed by atoms with Gasteiger partial charge in [-0.05, 0) is 6.92 Å². The van der Waals surface area contributed by atoms with Crippen LogP contribution in [0.1, 0.15) is 5.82 Å². The summed E-state index contributed by atoms with van der Waals surface area (Å²) in [5, 5.41) is 0.416. The third kappa shape index (κ3) is 1.30. The number of nitrogens with two attached hydrogens (primary N) is 1. The van der Waals surface area contributed by atoms with Crippen LogP contribution in [0.3, 0.4) is 0 Å². The maximum atomic E-state index is 5.57. The highest BCUT2D eigenvalue weighted by Gasteiger charge is 2.04. The van der Waals surface area contributed by atoms with Crippen LogP contribution in [0.15, 0.2) is 0 Å². The molecule has 0 saturated heterocycles. The highest BCUT2D eigenvalue weighted by Crippen LogP contribution is 2.23. The maximum absolute atomic E-state index is 5.57. The molecule has 3 nitrogen and oxygen atoms in total. The Bertz CT molecular complexity index is 238. The first-order valence-corrected chi connectivity index (χ1v) is 3.32. The molecule has 1 aromatic rings. The minimum Gasteiger partial charge on any atom is -0.382 e. The molecule has 10 heavy (non-hydrogen) atoms. The van der Waals surface area contributed by atoms with E-state index in [4.69, 9.17) is 28.9 Å². The summed E-state index contributed by atoms with van der Waals surface area (Å²) in [5.41, 5.74) is 5.35. The van der Waals surface area contributed by atoms with Crippen LogP contribution in [-0.2, 0) is 0 Å². The first kappa shape index (κ1) is 7.57. The fourth-order valence-corrected chi connectivity index (χ4v) is 0.849. The summed E-state index contributed by atoms with van der Waals surface area (Å²) in [4.78, 5) is 7.56. The van der Waals surface area contributed by atoms with Gasteiger partial charge in [0, 0.05) is 0 Å². The van der Waals surface area contributed by atoms with Gasteiger partial charge in [0.15, 0.2) is 5.15 Å². The molecule has 0 bridgehead atoms. The molecule has 0 aromatic carbocycles. The van der Waals surface area contributed by atoms with Crippen molar-refractivity contribution in [3.8, 4) is 0 Å². The Morgan fingerprint density at radius 1 is 1.30 bits per heavy atom. The Morgan fingerprint density at radius 3 is 2.40 bits per heavy atom. The largest absolute Gasteiger partial charge is 0.382 e. The average Bonchev–Trinajstić information content (AvgIpc) is 1.82. The van der Waals surface area contributed by atoms with Gasteiger partial charge in [-0.3, -0.25) is 0 Å². The number of aromatic nitrogens is 2. The van der Waals surface area contributed by atoms with Crippen LogP contribution in [0.2, 0.25) is 10.2 Å². The molecule has 0 saturated carbocycles. The highest BCUT2D eigenvalue weighted by molar-refractivity contribution is 6.42. The van der Waals surface area contributed by atoms with E-state index < -0.39 is 0 Å². The summed E-state index contributed by atoms with van der Waals surface area (Å²) in [7, 11) is 0. The van der Waals surface area contributed by atoms with E-state index in [1.807, 2.05) is 0 Å². The number of hydrogen-bond donors (Lipinski definition) is 1. The number of aryl methyl sites for hydroxylation is 1. The summed E-state index contributed by atoms with van der Waals surface area (Å²) in [5.74, 6) is 0.742. The van der Waals surface area contributed by atoms with E-state index in [0.717, 1.165) is 0 Å². The van der Waals surface area contributed by atoms with Crippen molar-refractivity contribution in [3.63, 3.8) is 0 Å². The fraction of sp³-hybridized carbons (Fsp3) is 0.200. The second-order valence-electron chi connectivity index (χ2n) is 1.76. The summed E-state index contributed by atoms with van der Waals surface area (Å²) < 4.78 is 0. The van der Waals surface area contributed by atoms with Crippen LogP contribution < -0.4 is 5.73 Å². The molecule has 0 atom stereocenters. The third-order valence-electron chi connectivity index (χ3n) is 0.948. The molecular formula is C5H5Cl2N3. The van der Waals surface area contributed by atoms with Gasteiger partial charge in [-0.15, -0.1) is 0 Å². The van der Waals surface area contributed by atoms with E-state index in [1.54, 1.807) is 6.92 Å². The van der Waals surface area contributed by atoms with Crippen LogP contribution >= 0.6 is 23.2 Å². The van der Waals surface area contributed by atoms with Gasteiger partial charge >= 0.3 is 0 Å². The summed E-state index contributed by atoms with van der Waals surface area (Å²) >= 11 is 11.1. The van der Waals surface area contributed by atoms with E-state index in [-0.39, 0.29) is 16.0 Å². The standard InChI is InChI=1S/C5H5Cl2N3/c1-2-9-4(7)3(6)5(8)10-2/h1H3,(H2,8,9,10). The second kappa shape index (κ2) is 2.60. The molecule has 5 heteroatoms. The Balaban J connectivity index is 3.31. The molecule has 54 valence electrons. The van der Waals surface area contributed by atoms with Crippen molar-refractivity contribution < 1.29 is 0 Å². The van der Waals surface area contributed by atoms with Gasteiger partial charge in [0.2, 0.25) is 0 Å². The van der Waals surface area contributed by atoms with E-state index in [2.05, 4.69) is 9.97 Å². The number of hydrogen-bond acceptors (Lipinski definition) is 3. The Hall–Kier alpha value is -0.540. The number of anilines is 1. The SMILES string of the molecule is Cc1nc(N)c(Cl)c(Cl)n1. The number of nitrogen functional groups attached to an aromatic ring is 1. The summed E-state index contributed by atoms with van der Waals surface area (Å²) in [6.07, 6.45) is 0. The molecule has 1 heterocycles. The molecular weight excluding hydrogens is 173 g/mol. The molecule has 0 radical (unpaired) electrons. The fourth-order valence-electron chi connectivity index (χ4n) is 0.545. The minimum absolute atomic E-state index is 0.201. The van der Waals surface area contributed by atoms with Gasteiger partial charge in [-0.2, -0.15) is 0 Å². The van der Waals surface area contributed by atoms with Crippen molar-refractivity contribution in [1.29, 1.82) is 0 Å². The summed E-state index contributed by atoms with van der Waals surface area (Å²) in [6.45, 7) is 1.69. The Kier molecular flexibility index (Phi) is 1.97. The van der Waals surface area contributed by atoms with E-state index in [0.29, 0.717) is 5.82 Å². The van der Waals surface area contributed by atoms with Crippen molar-refractivity contribution in [3.05, 3.63) is 16.0 Å². The highest BCUT2D eigenvalue weighted by atomic mass is 35.5. The Morgan fingerprint density at radius 2 is 1.90 bits per heavy atom. The smallest absolute Gasteiger partial charge is 0.153 e. The van der Waals surface area contributed by atoms with Crippen molar-refractivity contribution in [1.82, 2.24) is 9.97 Å². The normalized spacial score (nSPS) is 9.90. The second-order valence-corrected chi connectivity index (χ2v) is 2.50. The van der Waals surface area contributed by atoms with Crippen molar-refractivity contribution in [2.24, 2.45) is 0 Å². The van der Waals surface area contributed by atoms with Crippen molar-refractivity contribution in [2.75, 3.05) is 5.73 Å². The zero-order valence-electron chi connectivity index (χ0n) is 5.23. The number of nitrogens with zero attached hydrogens (tertiary/aromatic N) is 2. The molecule has 0 fully saturated rings. The van der Waals surface area contributed by atoms with Gasteiger partial charge in [-0.25, -0.2) is 9.97 Å². The molecule has 2 N–H and O–H groups in total. The van der Waals surface area contributed by atoms with Crippen LogP contribution in [-0.4, -0.2) is 9.97 Å². The van der Waals surface area contributed by atoms with E-state index >= 15 is 0 Å². The van der Waals surface area contributed by atoms with Gasteiger partial charge in [0.25, 0.3) is 0 Å².